The number of rotatable bonds is 7. The smallest absolute Gasteiger partial charge is 0.280 e. The fraction of sp³-hybridized carbons (Fsp3) is 0.368. The summed E-state index contributed by atoms with van der Waals surface area (Å²) < 4.78 is 28.3. The number of halogens is 2. The standard InChI is InChI=1S/C19H19F2N5O2S/c1-9-4-6-23-26(9)7-5-13(27)25-15-14-11(10-2-3-10)8-12(17(20)21)24-19(14)29-16(15)18(22)28/h4,6,8,10,17H,2-3,5,7H2,1H3,(H2,22,28)(H,25,27). The normalized spacial score (nSPS) is 13.9. The zero-order valence-electron chi connectivity index (χ0n) is 15.6. The fourth-order valence-corrected chi connectivity index (χ4v) is 4.33. The maximum absolute atomic E-state index is 13.3. The van der Waals surface area contributed by atoms with Crippen LogP contribution in [0.25, 0.3) is 10.2 Å². The van der Waals surface area contributed by atoms with Gasteiger partial charge < -0.3 is 11.1 Å². The summed E-state index contributed by atoms with van der Waals surface area (Å²) in [5, 5.41) is 7.45. The number of thiophene rings is 1. The number of fused-ring (bicyclic) bond motifs is 1. The van der Waals surface area contributed by atoms with Crippen molar-refractivity contribution >= 4 is 39.1 Å². The molecule has 0 unspecified atom stereocenters. The van der Waals surface area contributed by atoms with Crippen molar-refractivity contribution in [2.75, 3.05) is 5.32 Å². The molecule has 3 N–H and O–H groups in total. The molecular weight excluding hydrogens is 400 g/mol. The van der Waals surface area contributed by atoms with Crippen LogP contribution in [-0.4, -0.2) is 26.6 Å². The van der Waals surface area contributed by atoms with Gasteiger partial charge in [0.05, 0.1) is 5.69 Å². The molecule has 1 aliphatic carbocycles. The molecule has 1 saturated carbocycles. The number of nitrogens with two attached hydrogens (primary N) is 1. The Morgan fingerprint density at radius 3 is 2.76 bits per heavy atom. The van der Waals surface area contributed by atoms with Gasteiger partial charge in [-0.25, -0.2) is 13.8 Å². The highest BCUT2D eigenvalue weighted by atomic mass is 32.1. The third kappa shape index (κ3) is 3.84. The average Bonchev–Trinajstić information content (AvgIpc) is 3.34. The number of pyridine rings is 1. The quantitative estimate of drug-likeness (QED) is 0.609. The molecule has 3 heterocycles. The number of carbonyl (C=O) groups excluding carboxylic acids is 2. The predicted molar refractivity (Wildman–Crippen MR) is 105 cm³/mol. The van der Waals surface area contributed by atoms with Gasteiger partial charge in [-0.2, -0.15) is 5.10 Å². The summed E-state index contributed by atoms with van der Waals surface area (Å²) in [6, 6.07) is 3.22. The van der Waals surface area contributed by atoms with Crippen LogP contribution >= 0.6 is 11.3 Å². The van der Waals surface area contributed by atoms with Crippen LogP contribution in [0, 0.1) is 6.92 Å². The van der Waals surface area contributed by atoms with E-state index in [1.165, 1.54) is 6.07 Å². The van der Waals surface area contributed by atoms with Gasteiger partial charge in [-0.15, -0.1) is 11.3 Å². The minimum absolute atomic E-state index is 0.115. The molecule has 7 nitrogen and oxygen atoms in total. The van der Waals surface area contributed by atoms with Crippen LogP contribution in [0.15, 0.2) is 18.3 Å². The number of nitrogens with zero attached hydrogens (tertiary/aromatic N) is 3. The first-order valence-corrected chi connectivity index (χ1v) is 10.0. The van der Waals surface area contributed by atoms with Crippen molar-refractivity contribution in [2.24, 2.45) is 5.73 Å². The lowest BCUT2D eigenvalue weighted by Crippen LogP contribution is -2.18. The second-order valence-corrected chi connectivity index (χ2v) is 8.05. The number of hydrogen-bond acceptors (Lipinski definition) is 5. The molecule has 0 aromatic carbocycles. The third-order valence-electron chi connectivity index (χ3n) is 4.92. The second kappa shape index (κ2) is 7.51. The molecule has 0 saturated heterocycles. The van der Waals surface area contributed by atoms with Gasteiger partial charge >= 0.3 is 0 Å². The molecule has 3 aromatic heterocycles. The third-order valence-corrected chi connectivity index (χ3v) is 6.02. The highest BCUT2D eigenvalue weighted by Crippen LogP contribution is 2.48. The molecule has 0 aliphatic heterocycles. The average molecular weight is 419 g/mol. The Morgan fingerprint density at radius 1 is 1.41 bits per heavy atom. The first kappa shape index (κ1) is 19.4. The summed E-state index contributed by atoms with van der Waals surface area (Å²) in [6.45, 7) is 2.26. The van der Waals surface area contributed by atoms with Crippen LogP contribution in [0.2, 0.25) is 0 Å². The summed E-state index contributed by atoms with van der Waals surface area (Å²) in [5.41, 5.74) is 7.05. The van der Waals surface area contributed by atoms with E-state index in [-0.39, 0.29) is 39.3 Å². The van der Waals surface area contributed by atoms with E-state index >= 15 is 0 Å². The Balaban J connectivity index is 1.70. The molecule has 0 atom stereocenters. The Hall–Kier alpha value is -2.88. The number of aryl methyl sites for hydroxylation is 2. The summed E-state index contributed by atoms with van der Waals surface area (Å²) in [5.74, 6) is -0.927. The lowest BCUT2D eigenvalue weighted by Gasteiger charge is -2.10. The van der Waals surface area contributed by atoms with E-state index in [1.54, 1.807) is 10.9 Å². The van der Waals surface area contributed by atoms with Gasteiger partial charge in [-0.3, -0.25) is 14.3 Å². The van der Waals surface area contributed by atoms with Crippen LogP contribution in [0.5, 0.6) is 0 Å². The van der Waals surface area contributed by atoms with Crippen molar-refractivity contribution in [3.05, 3.63) is 40.2 Å². The van der Waals surface area contributed by atoms with Crippen molar-refractivity contribution < 1.29 is 18.4 Å². The number of nitrogens with one attached hydrogen (secondary N) is 1. The van der Waals surface area contributed by atoms with Gasteiger partial charge in [0.15, 0.2) is 0 Å². The second-order valence-electron chi connectivity index (χ2n) is 7.06. The lowest BCUT2D eigenvalue weighted by molar-refractivity contribution is -0.116. The molecular formula is C19H19F2N5O2S. The van der Waals surface area contributed by atoms with Crippen LogP contribution in [0.1, 0.15) is 58.2 Å². The number of primary amides is 1. The molecule has 0 bridgehead atoms. The topological polar surface area (TPSA) is 103 Å². The molecule has 0 spiro atoms. The monoisotopic (exact) mass is 419 g/mol. The summed E-state index contributed by atoms with van der Waals surface area (Å²) in [4.78, 5) is 29.0. The molecule has 10 heteroatoms. The fourth-order valence-electron chi connectivity index (χ4n) is 3.31. The van der Waals surface area contributed by atoms with Crippen molar-refractivity contribution in [3.8, 4) is 0 Å². The van der Waals surface area contributed by atoms with Crippen molar-refractivity contribution in [3.63, 3.8) is 0 Å². The van der Waals surface area contributed by atoms with Gasteiger partial charge in [-0.05, 0) is 43.4 Å². The number of alkyl halides is 2. The number of amides is 2. The Morgan fingerprint density at radius 2 is 2.17 bits per heavy atom. The number of hydrogen-bond donors (Lipinski definition) is 2. The highest BCUT2D eigenvalue weighted by molar-refractivity contribution is 7.21. The predicted octanol–water partition coefficient (Wildman–Crippen LogP) is 3.74. The van der Waals surface area contributed by atoms with E-state index in [1.807, 2.05) is 13.0 Å². The molecule has 0 radical (unpaired) electrons. The molecule has 4 rings (SSSR count). The lowest BCUT2D eigenvalue weighted by atomic mass is 10.0. The zero-order chi connectivity index (χ0) is 20.7. The van der Waals surface area contributed by atoms with Gasteiger partial charge in [-0.1, -0.05) is 0 Å². The summed E-state index contributed by atoms with van der Waals surface area (Å²) in [7, 11) is 0. The zero-order valence-corrected chi connectivity index (χ0v) is 16.4. The van der Waals surface area contributed by atoms with Crippen molar-refractivity contribution in [1.82, 2.24) is 14.8 Å². The van der Waals surface area contributed by atoms with E-state index < -0.39 is 12.3 Å². The van der Waals surface area contributed by atoms with Crippen molar-refractivity contribution in [2.45, 2.75) is 45.1 Å². The minimum Gasteiger partial charge on any atom is -0.365 e. The van der Waals surface area contributed by atoms with Gasteiger partial charge in [0, 0.05) is 30.2 Å². The molecule has 29 heavy (non-hydrogen) atoms. The van der Waals surface area contributed by atoms with Crippen LogP contribution < -0.4 is 11.1 Å². The first-order valence-electron chi connectivity index (χ1n) is 9.18. The number of anilines is 1. The SMILES string of the molecule is Cc1ccnn1CCC(=O)Nc1c(C(N)=O)sc2nc(C(F)F)cc(C3CC3)c12. The molecule has 1 aliphatic rings. The van der Waals surface area contributed by atoms with E-state index in [4.69, 9.17) is 5.73 Å². The van der Waals surface area contributed by atoms with Gasteiger partial charge in [0.1, 0.15) is 15.4 Å². The van der Waals surface area contributed by atoms with Crippen LogP contribution in [0.4, 0.5) is 14.5 Å². The summed E-state index contributed by atoms with van der Waals surface area (Å²) >= 11 is 0.932. The van der Waals surface area contributed by atoms with E-state index in [2.05, 4.69) is 15.4 Å². The Kier molecular flexibility index (Phi) is 5.03. The van der Waals surface area contributed by atoms with Gasteiger partial charge in [0.25, 0.3) is 12.3 Å². The first-order chi connectivity index (χ1) is 13.8. The molecule has 152 valence electrons. The number of aromatic nitrogens is 3. The highest BCUT2D eigenvalue weighted by Gasteiger charge is 2.31. The maximum Gasteiger partial charge on any atom is 0.280 e. The number of carbonyl (C=O) groups is 2. The summed E-state index contributed by atoms with van der Waals surface area (Å²) in [6.07, 6.45) is 0.815. The maximum atomic E-state index is 13.3. The molecule has 1 fully saturated rings. The molecule has 2 amide bonds. The van der Waals surface area contributed by atoms with E-state index in [0.29, 0.717) is 17.5 Å². The van der Waals surface area contributed by atoms with Gasteiger partial charge in [0.2, 0.25) is 5.91 Å². The Labute approximate surface area is 168 Å². The van der Waals surface area contributed by atoms with Crippen LogP contribution in [0.3, 0.4) is 0 Å². The minimum atomic E-state index is -2.72. The van der Waals surface area contributed by atoms with E-state index in [0.717, 1.165) is 29.9 Å². The van der Waals surface area contributed by atoms with E-state index in [9.17, 15) is 18.4 Å². The molecule has 3 aromatic rings. The van der Waals surface area contributed by atoms with Crippen molar-refractivity contribution in [1.29, 1.82) is 0 Å². The largest absolute Gasteiger partial charge is 0.365 e. The Bertz CT molecular complexity index is 1100. The van der Waals surface area contributed by atoms with Crippen LogP contribution in [-0.2, 0) is 11.3 Å².